The molecule has 0 bridgehead atoms. The van der Waals surface area contributed by atoms with Gasteiger partial charge >= 0.3 is 0 Å². The van der Waals surface area contributed by atoms with Crippen LogP contribution in [0.4, 0.5) is 0 Å². The van der Waals surface area contributed by atoms with Gasteiger partial charge in [-0.25, -0.2) is 8.42 Å². The third-order valence-corrected chi connectivity index (χ3v) is 5.36. The van der Waals surface area contributed by atoms with Gasteiger partial charge < -0.3 is 10.8 Å². The second-order valence-corrected chi connectivity index (χ2v) is 7.15. The molecule has 1 aromatic rings. The van der Waals surface area contributed by atoms with Crippen LogP contribution in [0.5, 0.6) is 0 Å². The minimum absolute atomic E-state index is 0.0654. The first-order valence-corrected chi connectivity index (χ1v) is 7.80. The van der Waals surface area contributed by atoms with Crippen molar-refractivity contribution >= 4 is 10.0 Å². The summed E-state index contributed by atoms with van der Waals surface area (Å²) in [5, 5.41) is 9.63. The van der Waals surface area contributed by atoms with Gasteiger partial charge in [-0.05, 0) is 17.5 Å². The van der Waals surface area contributed by atoms with Gasteiger partial charge in [-0.15, -0.1) is 0 Å². The van der Waals surface area contributed by atoms with E-state index in [1.807, 2.05) is 26.0 Å². The molecule has 1 heterocycles. The summed E-state index contributed by atoms with van der Waals surface area (Å²) >= 11 is 0. The highest BCUT2D eigenvalue weighted by atomic mass is 32.2. The van der Waals surface area contributed by atoms with Gasteiger partial charge in [0.1, 0.15) is 0 Å². The zero-order valence-electron chi connectivity index (χ0n) is 11.2. The first-order chi connectivity index (χ1) is 8.84. The van der Waals surface area contributed by atoms with Gasteiger partial charge in [-0.2, -0.15) is 4.31 Å². The van der Waals surface area contributed by atoms with Gasteiger partial charge in [0.15, 0.2) is 0 Å². The lowest BCUT2D eigenvalue weighted by Gasteiger charge is -2.19. The van der Waals surface area contributed by atoms with E-state index in [0.29, 0.717) is 4.90 Å². The Morgan fingerprint density at radius 3 is 2.47 bits per heavy atom. The molecule has 1 fully saturated rings. The van der Waals surface area contributed by atoms with Crippen LogP contribution in [-0.4, -0.2) is 43.1 Å². The standard InChI is InChI=1S/C13H20N2O3S/c1-9(2)10-5-3-4-6-13(10)19(17,18)15-7-11(14)12(16)8-15/h3-6,9,11-12,16H,7-8,14H2,1-2H3. The molecule has 1 aromatic carbocycles. The Kier molecular flexibility index (Phi) is 3.96. The van der Waals surface area contributed by atoms with E-state index in [2.05, 4.69) is 0 Å². The van der Waals surface area contributed by atoms with Crippen LogP contribution in [-0.2, 0) is 10.0 Å². The van der Waals surface area contributed by atoms with E-state index in [1.54, 1.807) is 12.1 Å². The molecule has 0 aliphatic carbocycles. The van der Waals surface area contributed by atoms with E-state index in [4.69, 9.17) is 5.73 Å². The fourth-order valence-corrected chi connectivity index (χ4v) is 4.15. The van der Waals surface area contributed by atoms with Crippen molar-refractivity contribution in [1.29, 1.82) is 0 Å². The van der Waals surface area contributed by atoms with E-state index < -0.39 is 22.2 Å². The zero-order valence-corrected chi connectivity index (χ0v) is 12.0. The summed E-state index contributed by atoms with van der Waals surface area (Å²) in [5.74, 6) is 0.118. The molecule has 0 radical (unpaired) electrons. The maximum atomic E-state index is 12.6. The Morgan fingerprint density at radius 1 is 1.32 bits per heavy atom. The highest BCUT2D eigenvalue weighted by Gasteiger charge is 2.37. The maximum Gasteiger partial charge on any atom is 0.243 e. The van der Waals surface area contributed by atoms with Crippen LogP contribution in [0.2, 0.25) is 0 Å². The molecule has 2 atom stereocenters. The summed E-state index contributed by atoms with van der Waals surface area (Å²) in [5.41, 5.74) is 6.47. The molecular formula is C13H20N2O3S. The largest absolute Gasteiger partial charge is 0.390 e. The van der Waals surface area contributed by atoms with Crippen LogP contribution in [0, 0.1) is 0 Å². The number of nitrogens with zero attached hydrogens (tertiary/aromatic N) is 1. The molecule has 0 aromatic heterocycles. The second-order valence-electron chi connectivity index (χ2n) is 5.25. The van der Waals surface area contributed by atoms with E-state index in [9.17, 15) is 13.5 Å². The summed E-state index contributed by atoms with van der Waals surface area (Å²) in [6, 6.07) is 6.47. The number of sulfonamides is 1. The van der Waals surface area contributed by atoms with Gasteiger partial charge in [0, 0.05) is 19.1 Å². The summed E-state index contributed by atoms with van der Waals surface area (Å²) in [4.78, 5) is 0.311. The van der Waals surface area contributed by atoms with Crippen LogP contribution >= 0.6 is 0 Å². The number of aliphatic hydroxyl groups is 1. The summed E-state index contributed by atoms with van der Waals surface area (Å²) in [6.45, 7) is 4.14. The van der Waals surface area contributed by atoms with E-state index in [-0.39, 0.29) is 19.0 Å². The molecule has 1 aliphatic rings. The van der Waals surface area contributed by atoms with Crippen molar-refractivity contribution in [2.24, 2.45) is 5.73 Å². The van der Waals surface area contributed by atoms with Gasteiger partial charge in [0.25, 0.3) is 0 Å². The molecule has 6 heteroatoms. The lowest BCUT2D eigenvalue weighted by atomic mass is 10.0. The Balaban J connectivity index is 2.41. The minimum atomic E-state index is -3.59. The Labute approximate surface area is 114 Å². The normalized spacial score (nSPS) is 25.1. The SMILES string of the molecule is CC(C)c1ccccc1S(=O)(=O)N1CC(N)C(O)C1. The molecule has 3 N–H and O–H groups in total. The number of hydrogen-bond acceptors (Lipinski definition) is 4. The van der Waals surface area contributed by atoms with Gasteiger partial charge in [-0.3, -0.25) is 0 Å². The van der Waals surface area contributed by atoms with Crippen molar-refractivity contribution in [2.45, 2.75) is 36.8 Å². The maximum absolute atomic E-state index is 12.6. The molecule has 0 saturated carbocycles. The first kappa shape index (κ1) is 14.5. The van der Waals surface area contributed by atoms with Gasteiger partial charge in [0.05, 0.1) is 11.0 Å². The molecule has 1 saturated heterocycles. The Morgan fingerprint density at radius 2 is 1.95 bits per heavy atom. The van der Waals surface area contributed by atoms with Crippen LogP contribution in [0.1, 0.15) is 25.3 Å². The minimum Gasteiger partial charge on any atom is -0.390 e. The van der Waals surface area contributed by atoms with Crippen molar-refractivity contribution in [1.82, 2.24) is 4.31 Å². The number of β-amino-alcohol motifs (C(OH)–C–C–N with tert-alkyl or cyclic N) is 1. The summed E-state index contributed by atoms with van der Waals surface area (Å²) in [7, 11) is -3.59. The zero-order chi connectivity index (χ0) is 14.2. The molecule has 5 nitrogen and oxygen atoms in total. The van der Waals surface area contributed by atoms with Crippen LogP contribution in [0.15, 0.2) is 29.2 Å². The van der Waals surface area contributed by atoms with E-state index >= 15 is 0 Å². The van der Waals surface area contributed by atoms with Crippen LogP contribution < -0.4 is 5.73 Å². The topological polar surface area (TPSA) is 83.6 Å². The molecular weight excluding hydrogens is 264 g/mol. The van der Waals surface area contributed by atoms with E-state index in [0.717, 1.165) is 5.56 Å². The predicted molar refractivity (Wildman–Crippen MR) is 73.3 cm³/mol. The Bertz CT molecular complexity index is 547. The molecule has 0 amide bonds. The van der Waals surface area contributed by atoms with Gasteiger partial charge in [0.2, 0.25) is 10.0 Å². The third kappa shape index (κ3) is 2.67. The highest BCUT2D eigenvalue weighted by molar-refractivity contribution is 7.89. The number of nitrogens with two attached hydrogens (primary N) is 1. The molecule has 0 spiro atoms. The molecule has 106 valence electrons. The van der Waals surface area contributed by atoms with Crippen molar-refractivity contribution in [3.8, 4) is 0 Å². The van der Waals surface area contributed by atoms with Crippen LogP contribution in [0.25, 0.3) is 0 Å². The van der Waals surface area contributed by atoms with Crippen molar-refractivity contribution in [2.75, 3.05) is 13.1 Å². The van der Waals surface area contributed by atoms with Crippen molar-refractivity contribution < 1.29 is 13.5 Å². The molecule has 19 heavy (non-hydrogen) atoms. The van der Waals surface area contributed by atoms with Crippen LogP contribution in [0.3, 0.4) is 0 Å². The number of hydrogen-bond donors (Lipinski definition) is 2. The second kappa shape index (κ2) is 5.20. The number of aliphatic hydroxyl groups excluding tert-OH is 1. The third-order valence-electron chi connectivity index (χ3n) is 3.46. The highest BCUT2D eigenvalue weighted by Crippen LogP contribution is 2.28. The average Bonchev–Trinajstić information content (AvgIpc) is 2.70. The molecule has 2 rings (SSSR count). The quantitative estimate of drug-likeness (QED) is 0.847. The lowest BCUT2D eigenvalue weighted by molar-refractivity contribution is 0.174. The average molecular weight is 284 g/mol. The lowest BCUT2D eigenvalue weighted by Crippen LogP contribution is -2.33. The van der Waals surface area contributed by atoms with Gasteiger partial charge in [-0.1, -0.05) is 32.0 Å². The molecule has 1 aliphatic heterocycles. The predicted octanol–water partition coefficient (Wildman–Crippen LogP) is 0.503. The Hall–Kier alpha value is -0.950. The van der Waals surface area contributed by atoms with E-state index in [1.165, 1.54) is 4.31 Å². The molecule has 2 unspecified atom stereocenters. The monoisotopic (exact) mass is 284 g/mol. The van der Waals surface area contributed by atoms with Crippen molar-refractivity contribution in [3.05, 3.63) is 29.8 Å². The number of benzene rings is 1. The first-order valence-electron chi connectivity index (χ1n) is 6.36. The smallest absolute Gasteiger partial charge is 0.243 e. The van der Waals surface area contributed by atoms with Crippen molar-refractivity contribution in [3.63, 3.8) is 0 Å². The summed E-state index contributed by atoms with van der Waals surface area (Å²) in [6.07, 6.45) is -0.791. The fourth-order valence-electron chi connectivity index (χ4n) is 2.30. The summed E-state index contributed by atoms with van der Waals surface area (Å²) < 4.78 is 26.5. The number of rotatable bonds is 3. The fraction of sp³-hybridized carbons (Fsp3) is 0.538.